The Balaban J connectivity index is 1.66. The Morgan fingerprint density at radius 3 is 2.17 bits per heavy atom. The molecule has 0 bridgehead atoms. The van der Waals surface area contributed by atoms with Gasteiger partial charge in [0, 0.05) is 5.56 Å². The van der Waals surface area contributed by atoms with Crippen molar-refractivity contribution in [3.8, 4) is 11.5 Å². The molecular weight excluding hydrogens is 384 g/mol. The van der Waals surface area contributed by atoms with Gasteiger partial charge in [-0.15, -0.1) is 10.2 Å². The van der Waals surface area contributed by atoms with Crippen LogP contribution in [-0.4, -0.2) is 16.0 Å². The molecule has 0 radical (unpaired) electrons. The predicted molar refractivity (Wildman–Crippen MR) is 112 cm³/mol. The van der Waals surface area contributed by atoms with Gasteiger partial charge in [-0.05, 0) is 44.2 Å². The molecule has 146 valence electrons. The van der Waals surface area contributed by atoms with Crippen molar-refractivity contribution < 1.29 is 13.6 Å². The van der Waals surface area contributed by atoms with Gasteiger partial charge in [0.25, 0.3) is 11.1 Å². The van der Waals surface area contributed by atoms with Crippen molar-refractivity contribution >= 4 is 17.5 Å². The highest BCUT2D eigenvalue weighted by Gasteiger charge is 2.26. The topological polar surface area (TPSA) is 69.1 Å². The van der Waals surface area contributed by atoms with Crippen LogP contribution in [0.5, 0.6) is 0 Å². The molecule has 1 atom stereocenters. The molecule has 4 aromatic rings. The fraction of sp³-hybridized carbons (Fsp3) is 0.174. The first kappa shape index (κ1) is 19.2. The Bertz CT molecular complexity index is 1130. The van der Waals surface area contributed by atoms with Gasteiger partial charge >= 0.3 is 0 Å². The number of nitrogens with zero attached hydrogens (tertiary/aromatic N) is 2. The number of aromatic nitrogens is 2. The van der Waals surface area contributed by atoms with Crippen LogP contribution in [0.1, 0.15) is 38.1 Å². The van der Waals surface area contributed by atoms with Crippen molar-refractivity contribution in [3.63, 3.8) is 0 Å². The van der Waals surface area contributed by atoms with E-state index in [-0.39, 0.29) is 5.78 Å². The highest BCUT2D eigenvalue weighted by atomic mass is 32.2. The van der Waals surface area contributed by atoms with Crippen LogP contribution in [0.2, 0.25) is 0 Å². The fourth-order valence-electron chi connectivity index (χ4n) is 2.96. The summed E-state index contributed by atoms with van der Waals surface area (Å²) in [4.78, 5) is 13.3. The summed E-state index contributed by atoms with van der Waals surface area (Å²) in [6, 6.07) is 17.3. The van der Waals surface area contributed by atoms with Gasteiger partial charge in [0.05, 0.1) is 11.8 Å². The first-order valence-corrected chi connectivity index (χ1v) is 10.1. The van der Waals surface area contributed by atoms with Crippen molar-refractivity contribution in [2.24, 2.45) is 0 Å². The minimum Gasteiger partial charge on any atom is -0.469 e. The number of carbonyl (C=O) groups is 1. The summed E-state index contributed by atoms with van der Waals surface area (Å²) in [5.74, 6) is 1.08. The van der Waals surface area contributed by atoms with Crippen LogP contribution in [0.15, 0.2) is 74.9 Å². The number of thioether (sulfide) groups is 1. The molecule has 2 aromatic carbocycles. The average Bonchev–Trinajstić information content (AvgIpc) is 3.35. The molecule has 0 N–H and O–H groups in total. The number of carbonyl (C=O) groups excluding carboxylic acids is 1. The Hall–Kier alpha value is -3.12. The summed E-state index contributed by atoms with van der Waals surface area (Å²) < 4.78 is 11.1. The zero-order valence-corrected chi connectivity index (χ0v) is 17.2. The minimum atomic E-state index is -0.489. The maximum Gasteiger partial charge on any atom is 0.277 e. The quantitative estimate of drug-likeness (QED) is 0.291. The molecule has 0 aliphatic rings. The van der Waals surface area contributed by atoms with E-state index in [1.807, 2.05) is 69.3 Å². The highest BCUT2D eigenvalue weighted by molar-refractivity contribution is 8.00. The van der Waals surface area contributed by atoms with E-state index in [4.69, 9.17) is 8.83 Å². The van der Waals surface area contributed by atoms with Crippen LogP contribution in [0.3, 0.4) is 0 Å². The zero-order valence-electron chi connectivity index (χ0n) is 16.4. The third-order valence-corrected chi connectivity index (χ3v) is 5.76. The largest absolute Gasteiger partial charge is 0.469 e. The molecular formula is C23H20N2O3S. The Kier molecular flexibility index (Phi) is 5.36. The zero-order chi connectivity index (χ0) is 20.4. The third kappa shape index (κ3) is 4.17. The first-order chi connectivity index (χ1) is 14.0. The van der Waals surface area contributed by atoms with E-state index in [1.54, 1.807) is 12.3 Å². The summed E-state index contributed by atoms with van der Waals surface area (Å²) >= 11 is 1.26. The fourth-order valence-corrected chi connectivity index (χ4v) is 3.91. The molecule has 0 saturated carbocycles. The van der Waals surface area contributed by atoms with Gasteiger partial charge < -0.3 is 8.83 Å². The molecule has 29 heavy (non-hydrogen) atoms. The van der Waals surface area contributed by atoms with E-state index >= 15 is 0 Å². The molecule has 0 aliphatic carbocycles. The van der Waals surface area contributed by atoms with E-state index in [1.165, 1.54) is 11.8 Å². The second-order valence-corrected chi connectivity index (χ2v) is 7.96. The molecule has 0 saturated heterocycles. The molecule has 6 heteroatoms. The number of hydrogen-bond donors (Lipinski definition) is 0. The van der Waals surface area contributed by atoms with Gasteiger partial charge in [-0.1, -0.05) is 59.7 Å². The molecule has 4 rings (SSSR count). The van der Waals surface area contributed by atoms with Crippen LogP contribution in [0, 0.1) is 20.8 Å². The van der Waals surface area contributed by atoms with Gasteiger partial charge in [0.2, 0.25) is 0 Å². The van der Waals surface area contributed by atoms with E-state index in [0.29, 0.717) is 22.4 Å². The number of benzene rings is 2. The van der Waals surface area contributed by atoms with E-state index in [0.717, 1.165) is 22.3 Å². The first-order valence-electron chi connectivity index (χ1n) is 9.23. The lowest BCUT2D eigenvalue weighted by Gasteiger charge is -2.14. The second-order valence-electron chi connectivity index (χ2n) is 6.90. The van der Waals surface area contributed by atoms with Gasteiger partial charge in [-0.25, -0.2) is 0 Å². The van der Waals surface area contributed by atoms with E-state index in [2.05, 4.69) is 10.2 Å². The van der Waals surface area contributed by atoms with Crippen molar-refractivity contribution in [2.45, 2.75) is 31.2 Å². The average molecular weight is 404 g/mol. The van der Waals surface area contributed by atoms with Gasteiger partial charge in [0.1, 0.15) is 11.0 Å². The summed E-state index contributed by atoms with van der Waals surface area (Å²) in [7, 11) is 0. The molecule has 0 amide bonds. The highest BCUT2D eigenvalue weighted by Crippen LogP contribution is 2.38. The Morgan fingerprint density at radius 2 is 1.55 bits per heavy atom. The molecule has 2 aromatic heterocycles. The van der Waals surface area contributed by atoms with Crippen LogP contribution < -0.4 is 0 Å². The molecule has 0 unspecified atom stereocenters. The molecule has 0 spiro atoms. The number of ketones is 1. The monoisotopic (exact) mass is 404 g/mol. The lowest BCUT2D eigenvalue weighted by Crippen LogP contribution is -2.10. The standard InChI is InChI=1S/C23H20N2O3S/c1-14-4-8-17(9-5-14)20(26)21(18-10-6-15(2)7-11-18)29-23-25-24-22(28-23)19-12-13-27-16(19)3/h4-13,21H,1-3H3/t21-/m0/s1. The summed E-state index contributed by atoms with van der Waals surface area (Å²) in [5, 5.41) is 8.10. The molecule has 0 fully saturated rings. The number of furan rings is 1. The molecule has 2 heterocycles. The summed E-state index contributed by atoms with van der Waals surface area (Å²) in [5.41, 5.74) is 4.54. The SMILES string of the molecule is Cc1ccc(C(=O)[C@@H](Sc2nnc(-c3ccoc3C)o2)c2ccc(C)cc2)cc1. The van der Waals surface area contributed by atoms with E-state index < -0.39 is 5.25 Å². The lowest BCUT2D eigenvalue weighted by atomic mass is 10.0. The Labute approximate surface area is 173 Å². The Morgan fingerprint density at radius 1 is 0.897 bits per heavy atom. The van der Waals surface area contributed by atoms with Crippen molar-refractivity contribution in [1.82, 2.24) is 10.2 Å². The summed E-state index contributed by atoms with van der Waals surface area (Å²) in [6.45, 7) is 5.85. The number of Topliss-reactive ketones (excluding diaryl/α,β-unsaturated/α-hetero) is 1. The molecule has 5 nitrogen and oxygen atoms in total. The number of hydrogen-bond acceptors (Lipinski definition) is 6. The maximum atomic E-state index is 13.3. The van der Waals surface area contributed by atoms with Crippen molar-refractivity contribution in [2.75, 3.05) is 0 Å². The number of aryl methyl sites for hydroxylation is 3. The molecule has 0 aliphatic heterocycles. The second kappa shape index (κ2) is 8.09. The van der Waals surface area contributed by atoms with Crippen LogP contribution in [0.25, 0.3) is 11.5 Å². The minimum absolute atomic E-state index is 0.00176. The van der Waals surface area contributed by atoms with Crippen molar-refractivity contribution in [3.05, 3.63) is 88.9 Å². The normalized spacial score (nSPS) is 12.1. The lowest BCUT2D eigenvalue weighted by molar-refractivity contribution is 0.0989. The van der Waals surface area contributed by atoms with Crippen LogP contribution in [0.4, 0.5) is 0 Å². The predicted octanol–water partition coefficient (Wildman–Crippen LogP) is 5.97. The van der Waals surface area contributed by atoms with Gasteiger partial charge in [0.15, 0.2) is 5.78 Å². The summed E-state index contributed by atoms with van der Waals surface area (Å²) in [6.07, 6.45) is 1.58. The van der Waals surface area contributed by atoms with Crippen LogP contribution >= 0.6 is 11.8 Å². The van der Waals surface area contributed by atoms with Crippen LogP contribution in [-0.2, 0) is 0 Å². The van der Waals surface area contributed by atoms with Gasteiger partial charge in [-0.2, -0.15) is 0 Å². The van der Waals surface area contributed by atoms with E-state index in [9.17, 15) is 4.79 Å². The number of rotatable bonds is 6. The van der Waals surface area contributed by atoms with Gasteiger partial charge in [-0.3, -0.25) is 4.79 Å². The third-order valence-electron chi connectivity index (χ3n) is 4.67. The smallest absolute Gasteiger partial charge is 0.277 e. The maximum absolute atomic E-state index is 13.3. The van der Waals surface area contributed by atoms with Crippen molar-refractivity contribution in [1.29, 1.82) is 0 Å².